The lowest BCUT2D eigenvalue weighted by Gasteiger charge is -2.36. The number of amides is 1. The molecule has 0 aromatic carbocycles. The highest BCUT2D eigenvalue weighted by molar-refractivity contribution is 5.93. The zero-order valence-electron chi connectivity index (χ0n) is 12.1. The molecule has 2 heterocycles. The number of carboxylic acid groups (broad SMARTS) is 1. The number of piperidine rings is 1. The Labute approximate surface area is 119 Å². The van der Waals surface area contributed by atoms with Crippen LogP contribution in [0.3, 0.4) is 0 Å². The van der Waals surface area contributed by atoms with Gasteiger partial charge in [0.2, 0.25) is 0 Å². The topological polar surface area (TPSA) is 62.5 Å². The second-order valence-corrected chi connectivity index (χ2v) is 5.49. The van der Waals surface area contributed by atoms with Crippen molar-refractivity contribution in [2.24, 2.45) is 5.92 Å². The van der Waals surface area contributed by atoms with Crippen molar-refractivity contribution in [2.45, 2.75) is 45.7 Å². The maximum atomic E-state index is 12.6. The molecule has 1 amide bonds. The molecule has 5 nitrogen and oxygen atoms in total. The zero-order chi connectivity index (χ0) is 14.7. The summed E-state index contributed by atoms with van der Waals surface area (Å²) in [5.41, 5.74) is 0.701. The summed E-state index contributed by atoms with van der Waals surface area (Å²) >= 11 is 0. The fourth-order valence-corrected chi connectivity index (χ4v) is 2.89. The molecule has 1 fully saturated rings. The molecule has 2 rings (SSSR count). The number of aliphatic carboxylic acids is 1. The molecule has 0 aliphatic carbocycles. The molecular formula is C15H22N2O3. The predicted octanol–water partition coefficient (Wildman–Crippen LogP) is 2.22. The molecule has 1 aliphatic heterocycles. The molecule has 2 unspecified atom stereocenters. The van der Waals surface area contributed by atoms with Crippen molar-refractivity contribution < 1.29 is 14.7 Å². The first kappa shape index (κ1) is 14.6. The molecule has 20 heavy (non-hydrogen) atoms. The van der Waals surface area contributed by atoms with Crippen LogP contribution in [0.4, 0.5) is 0 Å². The fraction of sp³-hybridized carbons (Fsp3) is 0.600. The lowest BCUT2D eigenvalue weighted by molar-refractivity contribution is -0.143. The predicted molar refractivity (Wildman–Crippen MR) is 75.6 cm³/mol. The number of carbonyl (C=O) groups is 2. The van der Waals surface area contributed by atoms with E-state index in [-0.39, 0.29) is 17.9 Å². The quantitative estimate of drug-likeness (QED) is 0.918. The Bertz CT molecular complexity index is 495. The van der Waals surface area contributed by atoms with Crippen LogP contribution >= 0.6 is 0 Å². The van der Waals surface area contributed by atoms with Crippen LogP contribution in [0.2, 0.25) is 0 Å². The van der Waals surface area contributed by atoms with Crippen LogP contribution in [-0.2, 0) is 11.3 Å². The summed E-state index contributed by atoms with van der Waals surface area (Å²) in [5, 5.41) is 9.07. The van der Waals surface area contributed by atoms with Crippen LogP contribution in [-0.4, -0.2) is 39.0 Å². The molecule has 1 saturated heterocycles. The Balaban J connectivity index is 2.10. The van der Waals surface area contributed by atoms with Crippen molar-refractivity contribution in [1.29, 1.82) is 0 Å². The van der Waals surface area contributed by atoms with Crippen LogP contribution in [0.25, 0.3) is 0 Å². The van der Waals surface area contributed by atoms with E-state index in [0.29, 0.717) is 25.1 Å². The number of rotatable bonds is 4. The van der Waals surface area contributed by atoms with E-state index in [9.17, 15) is 9.59 Å². The monoisotopic (exact) mass is 278 g/mol. The van der Waals surface area contributed by atoms with Crippen molar-refractivity contribution in [3.05, 3.63) is 24.0 Å². The van der Waals surface area contributed by atoms with Gasteiger partial charge in [-0.3, -0.25) is 9.59 Å². The van der Waals surface area contributed by atoms with Gasteiger partial charge in [-0.1, -0.05) is 6.92 Å². The molecule has 1 aromatic heterocycles. The summed E-state index contributed by atoms with van der Waals surface area (Å²) in [4.78, 5) is 25.4. The summed E-state index contributed by atoms with van der Waals surface area (Å²) in [5.74, 6) is -1.06. The number of carboxylic acids is 1. The molecule has 1 aliphatic rings. The summed E-state index contributed by atoms with van der Waals surface area (Å²) < 4.78 is 1.97. The number of hydrogen-bond acceptors (Lipinski definition) is 2. The molecule has 2 atom stereocenters. The SMILES string of the molecule is CCCn1cccc1C(=O)N1CCC(C(=O)O)CC1C. The normalized spacial score (nSPS) is 22.8. The Morgan fingerprint density at radius 1 is 1.45 bits per heavy atom. The highest BCUT2D eigenvalue weighted by atomic mass is 16.4. The van der Waals surface area contributed by atoms with Crippen LogP contribution in [0, 0.1) is 5.92 Å². The average molecular weight is 278 g/mol. The van der Waals surface area contributed by atoms with Gasteiger partial charge in [-0.15, -0.1) is 0 Å². The van der Waals surface area contributed by atoms with E-state index in [2.05, 4.69) is 6.92 Å². The Hall–Kier alpha value is -1.78. The standard InChI is InChI=1S/C15H22N2O3/c1-3-7-16-8-4-5-13(16)14(18)17-9-6-12(15(19)20)10-11(17)2/h4-5,8,11-12H,3,6-7,9-10H2,1-2H3,(H,19,20). The van der Waals surface area contributed by atoms with Gasteiger partial charge in [-0.25, -0.2) is 0 Å². The first-order chi connectivity index (χ1) is 9.54. The molecule has 5 heteroatoms. The van der Waals surface area contributed by atoms with Gasteiger partial charge in [-0.05, 0) is 38.3 Å². The van der Waals surface area contributed by atoms with E-state index in [1.54, 1.807) is 4.90 Å². The molecule has 1 N–H and O–H groups in total. The van der Waals surface area contributed by atoms with Gasteiger partial charge in [-0.2, -0.15) is 0 Å². The third kappa shape index (κ3) is 2.86. The maximum Gasteiger partial charge on any atom is 0.306 e. The van der Waals surface area contributed by atoms with Crippen LogP contribution in [0.1, 0.15) is 43.6 Å². The second kappa shape index (κ2) is 6.11. The van der Waals surface area contributed by atoms with Gasteiger partial charge in [0.25, 0.3) is 5.91 Å². The van der Waals surface area contributed by atoms with Crippen molar-refractivity contribution in [2.75, 3.05) is 6.54 Å². The molecule has 0 saturated carbocycles. The average Bonchev–Trinajstić information content (AvgIpc) is 2.86. The summed E-state index contributed by atoms with van der Waals surface area (Å²) in [6, 6.07) is 3.70. The highest BCUT2D eigenvalue weighted by Gasteiger charge is 2.33. The van der Waals surface area contributed by atoms with E-state index in [1.165, 1.54) is 0 Å². The Morgan fingerprint density at radius 3 is 2.80 bits per heavy atom. The van der Waals surface area contributed by atoms with Crippen LogP contribution in [0.15, 0.2) is 18.3 Å². The van der Waals surface area contributed by atoms with E-state index in [0.717, 1.165) is 13.0 Å². The lowest BCUT2D eigenvalue weighted by Crippen LogP contribution is -2.46. The molecule has 0 bridgehead atoms. The van der Waals surface area contributed by atoms with E-state index >= 15 is 0 Å². The number of nitrogens with zero attached hydrogens (tertiary/aromatic N) is 2. The van der Waals surface area contributed by atoms with Crippen molar-refractivity contribution in [3.63, 3.8) is 0 Å². The second-order valence-electron chi connectivity index (χ2n) is 5.49. The van der Waals surface area contributed by atoms with E-state index < -0.39 is 5.97 Å². The Kier molecular flexibility index (Phi) is 4.47. The third-order valence-electron chi connectivity index (χ3n) is 4.00. The minimum atomic E-state index is -0.752. The number of hydrogen-bond donors (Lipinski definition) is 1. The summed E-state index contributed by atoms with van der Waals surface area (Å²) in [6.45, 7) is 5.36. The van der Waals surface area contributed by atoms with Gasteiger partial charge in [0.1, 0.15) is 5.69 Å². The van der Waals surface area contributed by atoms with Crippen molar-refractivity contribution >= 4 is 11.9 Å². The first-order valence-corrected chi connectivity index (χ1v) is 7.23. The maximum absolute atomic E-state index is 12.6. The number of aryl methyl sites for hydroxylation is 1. The minimum absolute atomic E-state index is 0.0137. The molecule has 110 valence electrons. The van der Waals surface area contributed by atoms with Gasteiger partial charge in [0, 0.05) is 25.3 Å². The molecule has 1 aromatic rings. The minimum Gasteiger partial charge on any atom is -0.481 e. The number of likely N-dealkylation sites (tertiary alicyclic amines) is 1. The van der Waals surface area contributed by atoms with Crippen molar-refractivity contribution in [3.8, 4) is 0 Å². The first-order valence-electron chi connectivity index (χ1n) is 7.23. The summed E-state index contributed by atoms with van der Waals surface area (Å²) in [6.07, 6.45) is 3.98. The van der Waals surface area contributed by atoms with Gasteiger partial charge in [0.05, 0.1) is 5.92 Å². The Morgan fingerprint density at radius 2 is 2.20 bits per heavy atom. The van der Waals surface area contributed by atoms with Crippen LogP contribution in [0.5, 0.6) is 0 Å². The van der Waals surface area contributed by atoms with Gasteiger partial charge >= 0.3 is 5.97 Å². The van der Waals surface area contributed by atoms with E-state index in [4.69, 9.17) is 5.11 Å². The van der Waals surface area contributed by atoms with E-state index in [1.807, 2.05) is 29.8 Å². The highest BCUT2D eigenvalue weighted by Crippen LogP contribution is 2.24. The number of carbonyl (C=O) groups excluding carboxylic acids is 1. The van der Waals surface area contributed by atoms with Gasteiger partial charge < -0.3 is 14.6 Å². The smallest absolute Gasteiger partial charge is 0.306 e. The fourth-order valence-electron chi connectivity index (χ4n) is 2.89. The third-order valence-corrected chi connectivity index (χ3v) is 4.00. The zero-order valence-corrected chi connectivity index (χ0v) is 12.1. The number of aromatic nitrogens is 1. The lowest BCUT2D eigenvalue weighted by atomic mass is 9.91. The molecule has 0 spiro atoms. The largest absolute Gasteiger partial charge is 0.481 e. The van der Waals surface area contributed by atoms with Crippen LogP contribution < -0.4 is 0 Å². The molecular weight excluding hydrogens is 256 g/mol. The van der Waals surface area contributed by atoms with Crippen molar-refractivity contribution in [1.82, 2.24) is 9.47 Å². The summed E-state index contributed by atoms with van der Waals surface area (Å²) in [7, 11) is 0. The molecule has 0 radical (unpaired) electrons. The van der Waals surface area contributed by atoms with Gasteiger partial charge in [0.15, 0.2) is 0 Å².